The molecule has 1 unspecified atom stereocenters. The van der Waals surface area contributed by atoms with E-state index < -0.39 is 0 Å². The number of carbonyl (C=O) groups excluding carboxylic acids is 1. The summed E-state index contributed by atoms with van der Waals surface area (Å²) in [7, 11) is 5.82. The average molecular weight is 367 g/mol. The van der Waals surface area contributed by atoms with E-state index in [4.69, 9.17) is 4.74 Å². The fourth-order valence-corrected chi connectivity index (χ4v) is 3.94. The molecule has 1 N–H and O–H groups in total. The first-order chi connectivity index (χ1) is 13.1. The summed E-state index contributed by atoms with van der Waals surface area (Å²) in [5.41, 5.74) is 5.09. The second kappa shape index (κ2) is 9.05. The zero-order valence-electron chi connectivity index (χ0n) is 16.6. The van der Waals surface area contributed by atoms with Crippen LogP contribution in [0.2, 0.25) is 0 Å². The van der Waals surface area contributed by atoms with Crippen molar-refractivity contribution in [2.75, 3.05) is 21.2 Å². The van der Waals surface area contributed by atoms with Crippen LogP contribution in [0, 0.1) is 0 Å². The quantitative estimate of drug-likeness (QED) is 0.808. The average Bonchev–Trinajstić information content (AvgIpc) is 2.66. The highest BCUT2D eigenvalue weighted by Gasteiger charge is 2.23. The maximum atomic E-state index is 12.6. The van der Waals surface area contributed by atoms with Crippen molar-refractivity contribution in [3.05, 3.63) is 64.7 Å². The third-order valence-electron chi connectivity index (χ3n) is 5.30. The lowest BCUT2D eigenvalue weighted by Gasteiger charge is -2.25. The fraction of sp³-hybridized carbons (Fsp3) is 0.435. The number of hydrogen-bond acceptors (Lipinski definition) is 3. The molecule has 0 heterocycles. The number of fused-ring (bicyclic) bond motifs is 1. The molecule has 0 radical (unpaired) electrons. The number of hydrogen-bond donors (Lipinski definition) is 1. The molecule has 1 aliphatic rings. The van der Waals surface area contributed by atoms with Crippen LogP contribution in [0.3, 0.4) is 0 Å². The number of methoxy groups -OCH3 is 1. The van der Waals surface area contributed by atoms with E-state index in [1.807, 2.05) is 12.1 Å². The highest BCUT2D eigenvalue weighted by Crippen LogP contribution is 2.35. The van der Waals surface area contributed by atoms with Gasteiger partial charge in [-0.15, -0.1) is 0 Å². The van der Waals surface area contributed by atoms with Gasteiger partial charge in [0.15, 0.2) is 0 Å². The molecular formula is C23H30N2O2. The molecule has 1 aliphatic carbocycles. The number of nitrogens with zero attached hydrogens (tertiary/aromatic N) is 1. The zero-order valence-corrected chi connectivity index (χ0v) is 16.6. The smallest absolute Gasteiger partial charge is 0.220 e. The molecule has 2 aromatic carbocycles. The fourth-order valence-electron chi connectivity index (χ4n) is 3.94. The summed E-state index contributed by atoms with van der Waals surface area (Å²) >= 11 is 0. The van der Waals surface area contributed by atoms with E-state index in [-0.39, 0.29) is 5.91 Å². The summed E-state index contributed by atoms with van der Waals surface area (Å²) in [5, 5.41) is 3.13. The topological polar surface area (TPSA) is 41.6 Å². The van der Waals surface area contributed by atoms with Gasteiger partial charge in [0.2, 0.25) is 5.91 Å². The van der Waals surface area contributed by atoms with E-state index in [9.17, 15) is 4.79 Å². The summed E-state index contributed by atoms with van der Waals surface area (Å²) in [6.45, 7) is 1.47. The number of ether oxygens (including phenoxy) is 1. The Kier molecular flexibility index (Phi) is 6.51. The van der Waals surface area contributed by atoms with Crippen molar-refractivity contribution in [1.82, 2.24) is 10.2 Å². The summed E-state index contributed by atoms with van der Waals surface area (Å²) in [6, 6.07) is 14.6. The Morgan fingerprint density at radius 2 is 1.96 bits per heavy atom. The first kappa shape index (κ1) is 19.4. The van der Waals surface area contributed by atoms with Gasteiger partial charge in [-0.3, -0.25) is 4.79 Å². The van der Waals surface area contributed by atoms with Gasteiger partial charge in [0, 0.05) is 19.5 Å². The Bertz CT molecular complexity index is 786. The minimum atomic E-state index is 0.128. The van der Waals surface area contributed by atoms with Crippen LogP contribution in [0.15, 0.2) is 42.5 Å². The maximum Gasteiger partial charge on any atom is 0.220 e. The number of nitrogens with one attached hydrogen (secondary N) is 1. The van der Waals surface area contributed by atoms with Crippen LogP contribution in [0.4, 0.5) is 0 Å². The van der Waals surface area contributed by atoms with Crippen molar-refractivity contribution in [2.45, 2.75) is 44.7 Å². The number of benzene rings is 2. The van der Waals surface area contributed by atoms with Gasteiger partial charge >= 0.3 is 0 Å². The van der Waals surface area contributed by atoms with Crippen molar-refractivity contribution >= 4 is 5.91 Å². The predicted molar refractivity (Wildman–Crippen MR) is 109 cm³/mol. The Balaban J connectivity index is 1.61. The molecule has 0 fully saturated rings. The SMILES string of the molecule is COc1ccc2c(c1)CCCC2CC(=O)NCc1ccccc1CN(C)C. The van der Waals surface area contributed by atoms with E-state index in [1.54, 1.807) is 7.11 Å². The van der Waals surface area contributed by atoms with Crippen LogP contribution in [0.1, 0.15) is 47.4 Å². The van der Waals surface area contributed by atoms with E-state index in [1.165, 1.54) is 22.3 Å². The molecule has 0 spiro atoms. The van der Waals surface area contributed by atoms with Crippen LogP contribution in [-0.4, -0.2) is 32.0 Å². The highest BCUT2D eigenvalue weighted by atomic mass is 16.5. The maximum absolute atomic E-state index is 12.6. The summed E-state index contributed by atoms with van der Waals surface area (Å²) in [4.78, 5) is 14.8. The normalized spacial score (nSPS) is 16.1. The third-order valence-corrected chi connectivity index (χ3v) is 5.30. The molecule has 4 nitrogen and oxygen atoms in total. The van der Waals surface area contributed by atoms with Gasteiger partial charge in [-0.05, 0) is 73.7 Å². The van der Waals surface area contributed by atoms with Crippen molar-refractivity contribution in [3.8, 4) is 5.75 Å². The molecule has 144 valence electrons. The van der Waals surface area contributed by atoms with Crippen LogP contribution < -0.4 is 10.1 Å². The van der Waals surface area contributed by atoms with Gasteiger partial charge in [0.05, 0.1) is 7.11 Å². The lowest BCUT2D eigenvalue weighted by atomic mass is 9.81. The van der Waals surface area contributed by atoms with Crippen LogP contribution in [0.25, 0.3) is 0 Å². The van der Waals surface area contributed by atoms with Crippen LogP contribution in [0.5, 0.6) is 5.75 Å². The van der Waals surface area contributed by atoms with Gasteiger partial charge in [-0.1, -0.05) is 30.3 Å². The molecule has 4 heteroatoms. The molecule has 27 heavy (non-hydrogen) atoms. The van der Waals surface area contributed by atoms with Crippen molar-refractivity contribution in [1.29, 1.82) is 0 Å². The van der Waals surface area contributed by atoms with Crippen molar-refractivity contribution in [3.63, 3.8) is 0 Å². The Hall–Kier alpha value is -2.33. The third kappa shape index (κ3) is 5.10. The second-order valence-corrected chi connectivity index (χ2v) is 7.64. The molecule has 0 saturated heterocycles. The number of aryl methyl sites for hydroxylation is 1. The van der Waals surface area contributed by atoms with Gasteiger partial charge in [0.25, 0.3) is 0 Å². The number of carbonyl (C=O) groups is 1. The molecule has 0 saturated carbocycles. The molecule has 0 aliphatic heterocycles. The summed E-state index contributed by atoms with van der Waals surface area (Å²) in [6.07, 6.45) is 3.82. The molecule has 1 atom stereocenters. The number of rotatable bonds is 7. The number of amides is 1. The van der Waals surface area contributed by atoms with Crippen molar-refractivity contribution in [2.24, 2.45) is 0 Å². The second-order valence-electron chi connectivity index (χ2n) is 7.64. The highest BCUT2D eigenvalue weighted by molar-refractivity contribution is 5.77. The Morgan fingerprint density at radius 3 is 2.70 bits per heavy atom. The first-order valence-corrected chi connectivity index (χ1v) is 9.72. The van der Waals surface area contributed by atoms with Gasteiger partial charge in [-0.2, -0.15) is 0 Å². The standard InChI is InChI=1S/C23H30N2O2/c1-25(2)16-20-8-5-4-7-19(20)15-24-23(26)14-18-10-6-9-17-13-21(27-3)11-12-22(17)18/h4-5,7-8,11-13,18H,6,9-10,14-16H2,1-3H3,(H,24,26). The molecule has 0 aromatic heterocycles. The van der Waals surface area contributed by atoms with Crippen LogP contribution >= 0.6 is 0 Å². The minimum absolute atomic E-state index is 0.128. The van der Waals surface area contributed by atoms with E-state index >= 15 is 0 Å². The molecular weight excluding hydrogens is 336 g/mol. The largest absolute Gasteiger partial charge is 0.497 e. The van der Waals surface area contributed by atoms with Gasteiger partial charge < -0.3 is 15.0 Å². The van der Waals surface area contributed by atoms with E-state index in [0.717, 1.165) is 31.6 Å². The first-order valence-electron chi connectivity index (χ1n) is 9.72. The summed E-state index contributed by atoms with van der Waals surface area (Å²) in [5.74, 6) is 1.33. The summed E-state index contributed by atoms with van der Waals surface area (Å²) < 4.78 is 5.34. The van der Waals surface area contributed by atoms with E-state index in [2.05, 4.69) is 54.6 Å². The molecule has 0 bridgehead atoms. The molecule has 3 rings (SSSR count). The Morgan fingerprint density at radius 1 is 1.19 bits per heavy atom. The van der Waals surface area contributed by atoms with Gasteiger partial charge in [0.1, 0.15) is 5.75 Å². The monoisotopic (exact) mass is 366 g/mol. The zero-order chi connectivity index (χ0) is 19.2. The van der Waals surface area contributed by atoms with E-state index in [0.29, 0.717) is 18.9 Å². The van der Waals surface area contributed by atoms with Crippen LogP contribution in [-0.2, 0) is 24.3 Å². The Labute approximate surface area is 162 Å². The predicted octanol–water partition coefficient (Wildman–Crippen LogP) is 3.88. The molecule has 1 amide bonds. The lowest BCUT2D eigenvalue weighted by molar-refractivity contribution is -0.121. The molecule has 2 aromatic rings. The van der Waals surface area contributed by atoms with Gasteiger partial charge in [-0.25, -0.2) is 0 Å². The van der Waals surface area contributed by atoms with Crippen molar-refractivity contribution < 1.29 is 9.53 Å². The minimum Gasteiger partial charge on any atom is -0.497 e. The lowest BCUT2D eigenvalue weighted by Crippen LogP contribution is -2.26.